The molecule has 0 spiro atoms. The summed E-state index contributed by atoms with van der Waals surface area (Å²) in [6.45, 7) is 1.81. The quantitative estimate of drug-likeness (QED) is 0.845. The summed E-state index contributed by atoms with van der Waals surface area (Å²) in [5.74, 6) is -1.69. The van der Waals surface area contributed by atoms with Crippen molar-refractivity contribution in [3.8, 4) is 5.75 Å². The first kappa shape index (κ1) is 14.8. The van der Waals surface area contributed by atoms with Crippen LogP contribution in [0.3, 0.4) is 0 Å². The molecule has 1 aromatic carbocycles. The molecule has 1 atom stereocenters. The maximum atomic E-state index is 13.7. The fourth-order valence-corrected chi connectivity index (χ4v) is 3.58. The van der Waals surface area contributed by atoms with Crippen molar-refractivity contribution in [2.75, 3.05) is 18.1 Å². The van der Waals surface area contributed by atoms with Crippen molar-refractivity contribution in [1.29, 1.82) is 0 Å². The van der Waals surface area contributed by atoms with Crippen LogP contribution in [0.2, 0.25) is 0 Å². The van der Waals surface area contributed by atoms with Crippen molar-refractivity contribution in [1.82, 2.24) is 4.90 Å². The van der Waals surface area contributed by atoms with Gasteiger partial charge in [-0.3, -0.25) is 4.79 Å². The van der Waals surface area contributed by atoms with Gasteiger partial charge in [0.25, 0.3) is 5.91 Å². The van der Waals surface area contributed by atoms with Crippen LogP contribution in [-0.4, -0.2) is 48.4 Å². The molecule has 7 heteroatoms. The number of benzene rings is 1. The Morgan fingerprint density at radius 2 is 2.10 bits per heavy atom. The summed E-state index contributed by atoms with van der Waals surface area (Å²) < 4.78 is 36.9. The Morgan fingerprint density at radius 1 is 1.40 bits per heavy atom. The van der Waals surface area contributed by atoms with Crippen LogP contribution >= 0.6 is 0 Å². The highest BCUT2D eigenvalue weighted by Gasteiger charge is 2.29. The third-order valence-corrected chi connectivity index (χ3v) is 5.13. The SMILES string of the molecule is CC1CCS(=O)(=O)CCN1C(=O)c1ccc(O)cc1F. The van der Waals surface area contributed by atoms with Crippen LogP contribution in [0.5, 0.6) is 5.75 Å². The first-order valence-electron chi connectivity index (χ1n) is 6.30. The molecule has 1 saturated heterocycles. The fraction of sp³-hybridized carbons (Fsp3) is 0.462. The van der Waals surface area contributed by atoms with Crippen LogP contribution in [-0.2, 0) is 9.84 Å². The molecule has 1 heterocycles. The van der Waals surface area contributed by atoms with Gasteiger partial charge in [0.1, 0.15) is 11.6 Å². The Hall–Kier alpha value is -1.63. The molecule has 20 heavy (non-hydrogen) atoms. The highest BCUT2D eigenvalue weighted by Crippen LogP contribution is 2.20. The minimum absolute atomic E-state index is 0.0377. The summed E-state index contributed by atoms with van der Waals surface area (Å²) in [4.78, 5) is 13.7. The first-order chi connectivity index (χ1) is 9.30. The summed E-state index contributed by atoms with van der Waals surface area (Å²) in [6.07, 6.45) is 0.341. The zero-order valence-electron chi connectivity index (χ0n) is 11.0. The van der Waals surface area contributed by atoms with Gasteiger partial charge in [0, 0.05) is 18.7 Å². The molecule has 1 aliphatic heterocycles. The minimum atomic E-state index is -3.15. The molecule has 0 aliphatic carbocycles. The van der Waals surface area contributed by atoms with Crippen LogP contribution in [0.1, 0.15) is 23.7 Å². The number of aromatic hydroxyl groups is 1. The maximum absolute atomic E-state index is 13.7. The van der Waals surface area contributed by atoms with E-state index < -0.39 is 21.6 Å². The van der Waals surface area contributed by atoms with E-state index in [1.807, 2.05) is 0 Å². The van der Waals surface area contributed by atoms with Gasteiger partial charge in [0.05, 0.1) is 17.1 Å². The normalized spacial score (nSPS) is 22.3. The predicted molar refractivity (Wildman–Crippen MR) is 71.8 cm³/mol. The minimum Gasteiger partial charge on any atom is -0.508 e. The Labute approximate surface area is 116 Å². The van der Waals surface area contributed by atoms with E-state index in [0.29, 0.717) is 6.42 Å². The van der Waals surface area contributed by atoms with E-state index >= 15 is 0 Å². The zero-order chi connectivity index (χ0) is 14.9. The molecule has 1 fully saturated rings. The van der Waals surface area contributed by atoms with Gasteiger partial charge in [-0.2, -0.15) is 0 Å². The first-order valence-corrected chi connectivity index (χ1v) is 8.12. The average Bonchev–Trinajstić information content (AvgIpc) is 2.48. The number of hydrogen-bond acceptors (Lipinski definition) is 4. The van der Waals surface area contributed by atoms with Gasteiger partial charge in [-0.05, 0) is 25.5 Å². The molecule has 1 aromatic rings. The van der Waals surface area contributed by atoms with E-state index in [1.165, 1.54) is 17.0 Å². The van der Waals surface area contributed by atoms with Gasteiger partial charge < -0.3 is 10.0 Å². The largest absolute Gasteiger partial charge is 0.508 e. The summed E-state index contributed by atoms with van der Waals surface area (Å²) in [6, 6.07) is 3.04. The lowest BCUT2D eigenvalue weighted by atomic mass is 10.1. The van der Waals surface area contributed by atoms with E-state index in [4.69, 9.17) is 5.11 Å². The number of rotatable bonds is 1. The highest BCUT2D eigenvalue weighted by molar-refractivity contribution is 7.91. The van der Waals surface area contributed by atoms with Crippen molar-refractivity contribution >= 4 is 15.7 Å². The van der Waals surface area contributed by atoms with E-state index in [2.05, 4.69) is 0 Å². The van der Waals surface area contributed by atoms with E-state index in [1.54, 1.807) is 6.92 Å². The molecule has 110 valence electrons. The lowest BCUT2D eigenvalue weighted by molar-refractivity contribution is 0.0701. The summed E-state index contributed by atoms with van der Waals surface area (Å²) in [5.41, 5.74) is -0.158. The molecule has 1 amide bonds. The smallest absolute Gasteiger partial charge is 0.257 e. The predicted octanol–water partition coefficient (Wildman–Crippen LogP) is 1.18. The van der Waals surface area contributed by atoms with Crippen molar-refractivity contribution in [2.45, 2.75) is 19.4 Å². The van der Waals surface area contributed by atoms with Crippen molar-refractivity contribution < 1.29 is 22.7 Å². The van der Waals surface area contributed by atoms with Crippen molar-refractivity contribution in [3.05, 3.63) is 29.6 Å². The lowest BCUT2D eigenvalue weighted by Gasteiger charge is -2.26. The second kappa shape index (κ2) is 5.40. The number of amides is 1. The summed E-state index contributed by atoms with van der Waals surface area (Å²) in [5, 5.41) is 9.15. The number of sulfone groups is 1. The van der Waals surface area contributed by atoms with Gasteiger partial charge in [-0.15, -0.1) is 0 Å². The second-order valence-electron chi connectivity index (χ2n) is 4.95. The maximum Gasteiger partial charge on any atom is 0.257 e. The molecular formula is C13H16FNO4S. The van der Waals surface area contributed by atoms with E-state index in [-0.39, 0.29) is 35.4 Å². The van der Waals surface area contributed by atoms with Crippen molar-refractivity contribution in [3.63, 3.8) is 0 Å². The van der Waals surface area contributed by atoms with Gasteiger partial charge in [0.2, 0.25) is 0 Å². The summed E-state index contributed by atoms with van der Waals surface area (Å²) in [7, 11) is -3.15. The van der Waals surface area contributed by atoms with E-state index in [9.17, 15) is 17.6 Å². The number of hydrogen-bond donors (Lipinski definition) is 1. The molecule has 1 unspecified atom stereocenters. The van der Waals surface area contributed by atoms with Crippen LogP contribution < -0.4 is 0 Å². The molecule has 1 aliphatic rings. The molecular weight excluding hydrogens is 285 g/mol. The van der Waals surface area contributed by atoms with Crippen LogP contribution in [0.15, 0.2) is 18.2 Å². The molecule has 2 rings (SSSR count). The van der Waals surface area contributed by atoms with E-state index in [0.717, 1.165) is 6.07 Å². The van der Waals surface area contributed by atoms with Crippen LogP contribution in [0.4, 0.5) is 4.39 Å². The second-order valence-corrected chi connectivity index (χ2v) is 7.26. The molecule has 0 bridgehead atoms. The van der Waals surface area contributed by atoms with Crippen LogP contribution in [0.25, 0.3) is 0 Å². The third-order valence-electron chi connectivity index (χ3n) is 3.47. The highest BCUT2D eigenvalue weighted by atomic mass is 32.2. The standard InChI is InChI=1S/C13H16FNO4S/c1-9-4-6-20(18,19)7-5-15(9)13(17)11-3-2-10(16)8-12(11)14/h2-3,8-9,16H,4-7H2,1H3. The number of carbonyl (C=O) groups excluding carboxylic acids is 1. The molecule has 1 N–H and O–H groups in total. The average molecular weight is 301 g/mol. The number of nitrogens with zero attached hydrogens (tertiary/aromatic N) is 1. The fourth-order valence-electron chi connectivity index (χ4n) is 2.20. The number of halogens is 1. The lowest BCUT2D eigenvalue weighted by Crippen LogP contribution is -2.39. The van der Waals surface area contributed by atoms with Gasteiger partial charge in [0.15, 0.2) is 9.84 Å². The Bertz CT molecular complexity index is 629. The third kappa shape index (κ3) is 3.09. The van der Waals surface area contributed by atoms with Gasteiger partial charge >= 0.3 is 0 Å². The molecule has 0 aromatic heterocycles. The summed E-state index contributed by atoms with van der Waals surface area (Å²) >= 11 is 0. The number of carbonyl (C=O) groups is 1. The Balaban J connectivity index is 2.27. The topological polar surface area (TPSA) is 74.7 Å². The molecule has 0 saturated carbocycles. The van der Waals surface area contributed by atoms with Crippen molar-refractivity contribution in [2.24, 2.45) is 0 Å². The number of phenols is 1. The molecule has 5 nitrogen and oxygen atoms in total. The van der Waals surface area contributed by atoms with Gasteiger partial charge in [-0.25, -0.2) is 12.8 Å². The van der Waals surface area contributed by atoms with Crippen LogP contribution in [0, 0.1) is 5.82 Å². The Kier molecular flexibility index (Phi) is 3.99. The molecule has 0 radical (unpaired) electrons. The monoisotopic (exact) mass is 301 g/mol. The zero-order valence-corrected chi connectivity index (χ0v) is 11.9. The van der Waals surface area contributed by atoms with Gasteiger partial charge in [-0.1, -0.05) is 0 Å². The Morgan fingerprint density at radius 3 is 2.75 bits per heavy atom. The number of phenolic OH excluding ortho intramolecular Hbond substituents is 1.